The van der Waals surface area contributed by atoms with Crippen molar-refractivity contribution < 1.29 is 9.53 Å². The van der Waals surface area contributed by atoms with Crippen LogP contribution in [0.1, 0.15) is 29.7 Å². The number of aryl methyl sites for hydroxylation is 2. The van der Waals surface area contributed by atoms with Gasteiger partial charge in [-0.05, 0) is 61.9 Å². The minimum absolute atomic E-state index is 0.0225. The molecule has 1 fully saturated rings. The summed E-state index contributed by atoms with van der Waals surface area (Å²) in [7, 11) is 0. The summed E-state index contributed by atoms with van der Waals surface area (Å²) < 4.78 is 8.13. The van der Waals surface area contributed by atoms with Crippen molar-refractivity contribution in [3.63, 3.8) is 0 Å². The molecular weight excluding hydrogens is 438 g/mol. The Morgan fingerprint density at radius 1 is 1.19 bits per heavy atom. The van der Waals surface area contributed by atoms with Gasteiger partial charge < -0.3 is 10.1 Å². The molecular formula is C22H22ClN3O4S. The first-order valence-electron chi connectivity index (χ1n) is 10.5. The van der Waals surface area contributed by atoms with E-state index in [9.17, 15) is 14.4 Å². The van der Waals surface area contributed by atoms with E-state index in [1.54, 1.807) is 24.3 Å². The highest BCUT2D eigenvalue weighted by Crippen LogP contribution is 2.35. The number of carbonyl (C=O) groups is 1. The summed E-state index contributed by atoms with van der Waals surface area (Å²) in [6.45, 7) is 0.997. The maximum atomic E-state index is 13.4. The molecule has 7 nitrogen and oxygen atoms in total. The molecule has 5 rings (SSSR count). The van der Waals surface area contributed by atoms with E-state index < -0.39 is 5.69 Å². The second kappa shape index (κ2) is 8.26. The van der Waals surface area contributed by atoms with E-state index in [1.807, 2.05) is 0 Å². The Hall–Kier alpha value is -2.42. The van der Waals surface area contributed by atoms with Crippen molar-refractivity contribution in [3.05, 3.63) is 60.6 Å². The van der Waals surface area contributed by atoms with Crippen molar-refractivity contribution in [2.45, 2.75) is 44.8 Å². The molecule has 0 spiro atoms. The molecule has 9 heteroatoms. The molecule has 1 aliphatic carbocycles. The largest absolute Gasteiger partial charge is 0.376 e. The second-order valence-corrected chi connectivity index (χ2v) is 9.48. The topological polar surface area (TPSA) is 82.3 Å². The van der Waals surface area contributed by atoms with Crippen molar-refractivity contribution >= 4 is 39.1 Å². The summed E-state index contributed by atoms with van der Waals surface area (Å²) in [5.74, 6) is -0.270. The molecule has 31 heavy (non-hydrogen) atoms. The first kappa shape index (κ1) is 20.5. The fraction of sp³-hybridized carbons (Fsp3) is 0.409. The van der Waals surface area contributed by atoms with Gasteiger partial charge in [0.2, 0.25) is 5.91 Å². The summed E-state index contributed by atoms with van der Waals surface area (Å²) in [5.41, 5.74) is 0.596. The number of carbonyl (C=O) groups excluding carboxylic acids is 1. The van der Waals surface area contributed by atoms with Gasteiger partial charge in [-0.3, -0.25) is 14.2 Å². The van der Waals surface area contributed by atoms with Crippen molar-refractivity contribution in [2.75, 3.05) is 13.2 Å². The Bertz CT molecular complexity index is 1270. The van der Waals surface area contributed by atoms with Gasteiger partial charge in [-0.2, -0.15) is 0 Å². The molecule has 1 aromatic carbocycles. The lowest BCUT2D eigenvalue weighted by Gasteiger charge is -2.14. The quantitative estimate of drug-likeness (QED) is 0.636. The standard InChI is InChI=1S/C22H22ClN3O4S/c23-13-6-8-14(9-7-13)26-20(28)19-16-4-1-5-17(16)31-21(19)25(22(26)29)12-18(27)24-11-15-3-2-10-30-15/h6-9,15H,1-5,10-12H2,(H,24,27)/t15-/m1/s1. The fourth-order valence-corrected chi connectivity index (χ4v) is 5.90. The fourth-order valence-electron chi connectivity index (χ4n) is 4.40. The number of thiophene rings is 1. The van der Waals surface area contributed by atoms with Gasteiger partial charge in [0.05, 0.1) is 17.2 Å². The van der Waals surface area contributed by atoms with Gasteiger partial charge in [0.1, 0.15) is 11.4 Å². The minimum Gasteiger partial charge on any atom is -0.376 e. The van der Waals surface area contributed by atoms with Crippen LogP contribution in [0.2, 0.25) is 5.02 Å². The number of hydrogen-bond donors (Lipinski definition) is 1. The molecule has 2 aliphatic rings. The maximum Gasteiger partial charge on any atom is 0.337 e. The number of aromatic nitrogens is 2. The smallest absolute Gasteiger partial charge is 0.337 e. The summed E-state index contributed by atoms with van der Waals surface area (Å²) in [6, 6.07) is 6.57. The predicted octanol–water partition coefficient (Wildman–Crippen LogP) is 2.65. The zero-order chi connectivity index (χ0) is 21.5. The molecule has 1 amide bonds. The Kier molecular flexibility index (Phi) is 5.45. The second-order valence-electron chi connectivity index (χ2n) is 7.96. The number of nitrogens with zero attached hydrogens (tertiary/aromatic N) is 2. The number of ether oxygens (including phenoxy) is 1. The predicted molar refractivity (Wildman–Crippen MR) is 121 cm³/mol. The van der Waals surface area contributed by atoms with Crippen LogP contribution in [0.25, 0.3) is 15.9 Å². The molecule has 1 atom stereocenters. The average molecular weight is 460 g/mol. The SMILES string of the molecule is O=C(Cn1c(=O)n(-c2ccc(Cl)cc2)c(=O)c2c3c(sc21)CCC3)NC[C@H]1CCCO1. The molecule has 3 aromatic rings. The summed E-state index contributed by atoms with van der Waals surface area (Å²) in [5, 5.41) is 3.94. The molecule has 1 aliphatic heterocycles. The number of fused-ring (bicyclic) bond motifs is 3. The van der Waals surface area contributed by atoms with E-state index in [0.717, 1.165) is 47.1 Å². The van der Waals surface area contributed by atoms with Crippen LogP contribution in [-0.4, -0.2) is 34.3 Å². The Labute approximate surface area is 187 Å². The van der Waals surface area contributed by atoms with Crippen LogP contribution in [-0.2, 0) is 28.9 Å². The van der Waals surface area contributed by atoms with Crippen LogP contribution in [0.4, 0.5) is 0 Å². The van der Waals surface area contributed by atoms with Gasteiger partial charge in [-0.15, -0.1) is 11.3 Å². The highest BCUT2D eigenvalue weighted by molar-refractivity contribution is 7.19. The number of amides is 1. The van der Waals surface area contributed by atoms with Crippen molar-refractivity contribution in [1.29, 1.82) is 0 Å². The third kappa shape index (κ3) is 3.73. The molecule has 0 unspecified atom stereocenters. The summed E-state index contributed by atoms with van der Waals surface area (Å²) >= 11 is 7.45. The Morgan fingerprint density at radius 2 is 2.00 bits per heavy atom. The zero-order valence-corrected chi connectivity index (χ0v) is 18.4. The van der Waals surface area contributed by atoms with E-state index in [-0.39, 0.29) is 24.1 Å². The van der Waals surface area contributed by atoms with Gasteiger partial charge in [0, 0.05) is 23.1 Å². The van der Waals surface area contributed by atoms with Gasteiger partial charge >= 0.3 is 5.69 Å². The number of halogens is 1. The van der Waals surface area contributed by atoms with Crippen molar-refractivity contribution in [1.82, 2.24) is 14.5 Å². The monoisotopic (exact) mass is 459 g/mol. The Balaban J connectivity index is 1.59. The number of nitrogens with one attached hydrogen (secondary N) is 1. The van der Waals surface area contributed by atoms with E-state index in [2.05, 4.69) is 5.32 Å². The normalized spacial score (nSPS) is 17.9. The Morgan fingerprint density at radius 3 is 2.74 bits per heavy atom. The molecule has 1 N–H and O–H groups in total. The molecule has 162 valence electrons. The lowest BCUT2D eigenvalue weighted by atomic mass is 10.2. The lowest BCUT2D eigenvalue weighted by molar-refractivity contribution is -0.122. The molecule has 1 saturated heterocycles. The molecule has 2 aromatic heterocycles. The molecule has 0 bridgehead atoms. The zero-order valence-electron chi connectivity index (χ0n) is 16.9. The van der Waals surface area contributed by atoms with Gasteiger partial charge in [-0.1, -0.05) is 11.6 Å². The van der Waals surface area contributed by atoms with Crippen LogP contribution in [0.3, 0.4) is 0 Å². The number of benzene rings is 1. The average Bonchev–Trinajstić information content (AvgIpc) is 3.48. The van der Waals surface area contributed by atoms with Gasteiger partial charge in [0.25, 0.3) is 5.56 Å². The summed E-state index contributed by atoms with van der Waals surface area (Å²) in [4.78, 5) is 41.2. The highest BCUT2D eigenvalue weighted by atomic mass is 35.5. The van der Waals surface area contributed by atoms with Gasteiger partial charge in [0.15, 0.2) is 0 Å². The van der Waals surface area contributed by atoms with Crippen LogP contribution < -0.4 is 16.6 Å². The number of hydrogen-bond acceptors (Lipinski definition) is 5. The van der Waals surface area contributed by atoms with E-state index in [1.165, 1.54) is 15.9 Å². The number of rotatable bonds is 5. The minimum atomic E-state index is -0.521. The molecule has 0 radical (unpaired) electrons. The third-order valence-electron chi connectivity index (χ3n) is 5.92. The van der Waals surface area contributed by atoms with Gasteiger partial charge in [-0.25, -0.2) is 9.36 Å². The van der Waals surface area contributed by atoms with Crippen molar-refractivity contribution in [3.8, 4) is 5.69 Å². The van der Waals surface area contributed by atoms with E-state index in [4.69, 9.17) is 16.3 Å². The van der Waals surface area contributed by atoms with E-state index >= 15 is 0 Å². The van der Waals surface area contributed by atoms with Crippen LogP contribution in [0, 0.1) is 0 Å². The summed E-state index contributed by atoms with van der Waals surface area (Å²) in [6.07, 6.45) is 4.65. The first-order valence-corrected chi connectivity index (χ1v) is 11.7. The van der Waals surface area contributed by atoms with Crippen molar-refractivity contribution in [2.24, 2.45) is 0 Å². The first-order chi connectivity index (χ1) is 15.0. The molecule has 3 heterocycles. The van der Waals surface area contributed by atoms with Crippen LogP contribution in [0.5, 0.6) is 0 Å². The third-order valence-corrected chi connectivity index (χ3v) is 7.49. The van der Waals surface area contributed by atoms with E-state index in [0.29, 0.717) is 34.1 Å². The lowest BCUT2D eigenvalue weighted by Crippen LogP contribution is -2.42. The maximum absolute atomic E-state index is 13.4. The van der Waals surface area contributed by atoms with Crippen LogP contribution in [0.15, 0.2) is 33.9 Å². The molecule has 0 saturated carbocycles. The highest BCUT2D eigenvalue weighted by Gasteiger charge is 2.26. The van der Waals surface area contributed by atoms with Crippen LogP contribution >= 0.6 is 22.9 Å².